The number of carbonyl (C=O) groups excluding carboxylic acids is 3. The van der Waals surface area contributed by atoms with Crippen molar-refractivity contribution in [1.82, 2.24) is 4.98 Å². The Morgan fingerprint density at radius 1 is 0.971 bits per heavy atom. The van der Waals surface area contributed by atoms with E-state index in [2.05, 4.69) is 15.6 Å². The highest BCUT2D eigenvalue weighted by molar-refractivity contribution is 6.32. The van der Waals surface area contributed by atoms with Gasteiger partial charge in [0.25, 0.3) is 11.8 Å². The lowest BCUT2D eigenvalue weighted by atomic mass is 10.2. The molecule has 3 aromatic rings. The Morgan fingerprint density at radius 3 is 2.41 bits per heavy atom. The van der Waals surface area contributed by atoms with Crippen molar-refractivity contribution in [2.24, 2.45) is 0 Å². The molecule has 0 saturated carbocycles. The van der Waals surface area contributed by atoms with Crippen molar-refractivity contribution >= 4 is 40.8 Å². The zero-order chi connectivity index (χ0) is 24.5. The van der Waals surface area contributed by atoms with E-state index < -0.39 is 30.2 Å². The van der Waals surface area contributed by atoms with Gasteiger partial charge in [0.05, 0.1) is 18.4 Å². The van der Waals surface area contributed by atoms with Crippen LogP contribution in [0.4, 0.5) is 15.8 Å². The lowest BCUT2D eigenvalue weighted by Crippen LogP contribution is -2.21. The average Bonchev–Trinajstić information content (AvgIpc) is 2.84. The van der Waals surface area contributed by atoms with Crippen LogP contribution in [0.25, 0.3) is 0 Å². The van der Waals surface area contributed by atoms with E-state index in [0.717, 1.165) is 0 Å². The minimum absolute atomic E-state index is 0.104. The Hall–Kier alpha value is -4.18. The van der Waals surface area contributed by atoms with Gasteiger partial charge in [-0.2, -0.15) is 0 Å². The van der Waals surface area contributed by atoms with Crippen LogP contribution in [-0.2, 0) is 14.3 Å². The van der Waals surface area contributed by atoms with E-state index in [0.29, 0.717) is 5.69 Å². The number of ether oxygens (including phenoxy) is 3. The molecule has 0 aliphatic rings. The lowest BCUT2D eigenvalue weighted by Gasteiger charge is -2.12. The number of methoxy groups -OCH3 is 1. The maximum atomic E-state index is 12.9. The predicted molar refractivity (Wildman–Crippen MR) is 122 cm³/mol. The van der Waals surface area contributed by atoms with Gasteiger partial charge in [0.2, 0.25) is 0 Å². The van der Waals surface area contributed by atoms with Crippen molar-refractivity contribution in [3.8, 4) is 11.5 Å². The van der Waals surface area contributed by atoms with Gasteiger partial charge in [-0.05, 0) is 54.6 Å². The quantitative estimate of drug-likeness (QED) is 0.349. The van der Waals surface area contributed by atoms with Crippen LogP contribution in [0.2, 0.25) is 5.15 Å². The molecule has 0 unspecified atom stereocenters. The van der Waals surface area contributed by atoms with E-state index in [4.69, 9.17) is 25.8 Å². The number of amides is 2. The summed E-state index contributed by atoms with van der Waals surface area (Å²) in [5.41, 5.74) is 0.805. The molecule has 0 radical (unpaired) electrons. The minimum atomic E-state index is -0.772. The molecule has 2 N–H and O–H groups in total. The fourth-order valence-electron chi connectivity index (χ4n) is 2.67. The van der Waals surface area contributed by atoms with Crippen LogP contribution >= 0.6 is 11.6 Å². The molecule has 0 aliphatic carbocycles. The van der Waals surface area contributed by atoms with Gasteiger partial charge in [-0.3, -0.25) is 9.59 Å². The summed E-state index contributed by atoms with van der Waals surface area (Å²) in [5.74, 6) is -1.88. The number of nitrogens with one attached hydrogen (secondary N) is 2. The summed E-state index contributed by atoms with van der Waals surface area (Å²) < 4.78 is 28.6. The van der Waals surface area contributed by atoms with E-state index in [1.54, 1.807) is 12.1 Å². The van der Waals surface area contributed by atoms with Crippen LogP contribution in [0.1, 0.15) is 10.4 Å². The molecule has 0 spiro atoms. The molecular weight excluding hydrogens is 469 g/mol. The number of esters is 1. The van der Waals surface area contributed by atoms with Gasteiger partial charge in [0.15, 0.2) is 29.9 Å². The normalized spacial score (nSPS) is 10.2. The van der Waals surface area contributed by atoms with Crippen LogP contribution in [0.5, 0.6) is 11.5 Å². The number of nitrogens with zero attached hydrogens (tertiary/aromatic N) is 1. The van der Waals surface area contributed by atoms with Gasteiger partial charge >= 0.3 is 5.97 Å². The minimum Gasteiger partial charge on any atom is -0.493 e. The first kappa shape index (κ1) is 24.5. The van der Waals surface area contributed by atoms with E-state index in [9.17, 15) is 18.8 Å². The summed E-state index contributed by atoms with van der Waals surface area (Å²) in [5, 5.41) is 5.15. The number of carbonyl (C=O) groups is 3. The van der Waals surface area contributed by atoms with E-state index in [-0.39, 0.29) is 34.5 Å². The number of hydrogen-bond acceptors (Lipinski definition) is 7. The molecule has 0 fully saturated rings. The standard InChI is InChI=1S/C23H19ClFN3O6/c1-32-19-11-14(23(31)34-13-21(30)28-17-3-2-10-26-22(17)24)4-9-18(19)33-12-20(29)27-16-7-5-15(25)6-8-16/h2-11H,12-13H2,1H3,(H,27,29)(H,28,30). The Bertz CT molecular complexity index is 1190. The summed E-state index contributed by atoms with van der Waals surface area (Å²) >= 11 is 5.87. The van der Waals surface area contributed by atoms with Crippen LogP contribution < -0.4 is 20.1 Å². The van der Waals surface area contributed by atoms with Crippen LogP contribution in [0.15, 0.2) is 60.8 Å². The second kappa shape index (κ2) is 11.6. The third-order valence-corrected chi connectivity index (χ3v) is 4.55. The zero-order valence-electron chi connectivity index (χ0n) is 17.8. The Morgan fingerprint density at radius 2 is 1.71 bits per heavy atom. The Balaban J connectivity index is 1.53. The van der Waals surface area contributed by atoms with E-state index >= 15 is 0 Å². The molecule has 9 nitrogen and oxygen atoms in total. The molecule has 176 valence electrons. The van der Waals surface area contributed by atoms with Gasteiger partial charge in [-0.1, -0.05) is 11.6 Å². The SMILES string of the molecule is COc1cc(C(=O)OCC(=O)Nc2cccnc2Cl)ccc1OCC(=O)Nc1ccc(F)cc1. The highest BCUT2D eigenvalue weighted by atomic mass is 35.5. The molecule has 34 heavy (non-hydrogen) atoms. The Labute approximate surface area is 198 Å². The summed E-state index contributed by atoms with van der Waals surface area (Å²) in [6, 6.07) is 12.6. The van der Waals surface area contributed by atoms with Gasteiger partial charge < -0.3 is 24.8 Å². The van der Waals surface area contributed by atoms with Crippen LogP contribution in [0.3, 0.4) is 0 Å². The van der Waals surface area contributed by atoms with Crippen molar-refractivity contribution in [1.29, 1.82) is 0 Å². The molecular formula is C23H19ClFN3O6. The lowest BCUT2D eigenvalue weighted by molar-refractivity contribution is -0.119. The van der Waals surface area contributed by atoms with Crippen molar-refractivity contribution in [2.75, 3.05) is 31.0 Å². The summed E-state index contributed by atoms with van der Waals surface area (Å²) in [4.78, 5) is 40.2. The van der Waals surface area contributed by atoms with Gasteiger partial charge in [0, 0.05) is 11.9 Å². The number of hydrogen-bond donors (Lipinski definition) is 2. The summed E-state index contributed by atoms with van der Waals surface area (Å²) in [6.07, 6.45) is 1.47. The zero-order valence-corrected chi connectivity index (χ0v) is 18.6. The third-order valence-electron chi connectivity index (χ3n) is 4.25. The fourth-order valence-corrected chi connectivity index (χ4v) is 2.83. The molecule has 2 amide bonds. The predicted octanol–water partition coefficient (Wildman–Crippen LogP) is 3.70. The molecule has 3 rings (SSSR count). The second-order valence-corrected chi connectivity index (χ2v) is 7.03. The highest BCUT2D eigenvalue weighted by Crippen LogP contribution is 2.28. The molecule has 2 aromatic carbocycles. The van der Waals surface area contributed by atoms with Crippen LogP contribution in [-0.4, -0.2) is 43.1 Å². The number of rotatable bonds is 9. The topological polar surface area (TPSA) is 116 Å². The molecule has 11 heteroatoms. The molecule has 0 aliphatic heterocycles. The monoisotopic (exact) mass is 487 g/mol. The van der Waals surface area contributed by atoms with Crippen molar-refractivity contribution in [3.05, 3.63) is 77.3 Å². The number of halogens is 2. The molecule has 1 aromatic heterocycles. The third kappa shape index (κ3) is 6.91. The average molecular weight is 488 g/mol. The second-order valence-electron chi connectivity index (χ2n) is 6.68. The van der Waals surface area contributed by atoms with E-state index in [1.807, 2.05) is 0 Å². The number of pyridine rings is 1. The number of aromatic nitrogens is 1. The first-order valence-corrected chi connectivity index (χ1v) is 10.2. The van der Waals surface area contributed by atoms with E-state index in [1.165, 1.54) is 55.8 Å². The van der Waals surface area contributed by atoms with Gasteiger partial charge in [-0.25, -0.2) is 14.2 Å². The highest BCUT2D eigenvalue weighted by Gasteiger charge is 2.15. The van der Waals surface area contributed by atoms with Crippen molar-refractivity contribution in [2.45, 2.75) is 0 Å². The molecule has 0 bridgehead atoms. The molecule has 0 saturated heterocycles. The smallest absolute Gasteiger partial charge is 0.338 e. The first-order chi connectivity index (χ1) is 16.4. The van der Waals surface area contributed by atoms with Crippen molar-refractivity contribution < 1.29 is 33.0 Å². The largest absolute Gasteiger partial charge is 0.493 e. The van der Waals surface area contributed by atoms with Gasteiger partial charge in [0.1, 0.15) is 5.82 Å². The summed E-state index contributed by atoms with van der Waals surface area (Å²) in [7, 11) is 1.36. The maximum absolute atomic E-state index is 12.9. The molecule has 1 heterocycles. The Kier molecular flexibility index (Phi) is 8.36. The van der Waals surface area contributed by atoms with Gasteiger partial charge in [-0.15, -0.1) is 0 Å². The molecule has 0 atom stereocenters. The fraction of sp³-hybridized carbons (Fsp3) is 0.130. The first-order valence-electron chi connectivity index (χ1n) is 9.79. The van der Waals surface area contributed by atoms with Crippen molar-refractivity contribution in [3.63, 3.8) is 0 Å². The number of anilines is 2. The summed E-state index contributed by atoms with van der Waals surface area (Å²) in [6.45, 7) is -0.900. The number of benzene rings is 2. The maximum Gasteiger partial charge on any atom is 0.338 e. The van der Waals surface area contributed by atoms with Crippen LogP contribution in [0, 0.1) is 5.82 Å².